The Morgan fingerprint density at radius 2 is 2.27 bits per heavy atom. The zero-order valence-electron chi connectivity index (χ0n) is 12.5. The van der Waals surface area contributed by atoms with Crippen LogP contribution in [0.1, 0.15) is 42.3 Å². The first kappa shape index (κ1) is 13.5. The molecule has 1 fully saturated rings. The van der Waals surface area contributed by atoms with E-state index in [0.29, 0.717) is 6.42 Å². The second-order valence-corrected chi connectivity index (χ2v) is 6.17. The highest BCUT2D eigenvalue weighted by Gasteiger charge is 2.29. The molecule has 1 saturated heterocycles. The molecule has 0 radical (unpaired) electrons. The van der Waals surface area contributed by atoms with Crippen LogP contribution in [0.4, 0.5) is 0 Å². The third-order valence-electron chi connectivity index (χ3n) is 4.79. The number of aromatic amines is 1. The van der Waals surface area contributed by atoms with Gasteiger partial charge in [-0.1, -0.05) is 0 Å². The minimum atomic E-state index is 0.169. The number of aryl methyl sites for hydroxylation is 1. The second kappa shape index (κ2) is 5.55. The van der Waals surface area contributed by atoms with E-state index in [1.54, 1.807) is 12.7 Å². The van der Waals surface area contributed by atoms with E-state index < -0.39 is 0 Å². The van der Waals surface area contributed by atoms with Crippen molar-refractivity contribution in [3.63, 3.8) is 0 Å². The number of aromatic nitrogens is 5. The van der Waals surface area contributed by atoms with Crippen LogP contribution in [0.3, 0.4) is 0 Å². The first-order valence-corrected chi connectivity index (χ1v) is 7.98. The van der Waals surface area contributed by atoms with Gasteiger partial charge in [0.25, 0.3) is 0 Å². The highest BCUT2D eigenvalue weighted by atomic mass is 16.2. The molecule has 4 rings (SSSR count). The van der Waals surface area contributed by atoms with Gasteiger partial charge in [-0.15, -0.1) is 0 Å². The SMILES string of the molecule is O=C(Cc1n[nH]c2c1CCCC2)N1CC[C@@H](n2cncn2)C1. The molecule has 1 amide bonds. The van der Waals surface area contributed by atoms with Crippen molar-refractivity contribution in [2.45, 2.75) is 44.6 Å². The molecule has 1 aliphatic carbocycles. The predicted molar refractivity (Wildman–Crippen MR) is 79.2 cm³/mol. The van der Waals surface area contributed by atoms with Crippen LogP contribution >= 0.6 is 0 Å². The van der Waals surface area contributed by atoms with Crippen molar-refractivity contribution >= 4 is 5.91 Å². The van der Waals surface area contributed by atoms with Gasteiger partial charge in [-0.05, 0) is 37.7 Å². The molecule has 0 aromatic carbocycles. The van der Waals surface area contributed by atoms with Crippen molar-refractivity contribution in [2.75, 3.05) is 13.1 Å². The minimum Gasteiger partial charge on any atom is -0.340 e. The Kier molecular flexibility index (Phi) is 3.40. The summed E-state index contributed by atoms with van der Waals surface area (Å²) in [7, 11) is 0. The van der Waals surface area contributed by atoms with Crippen molar-refractivity contribution in [1.82, 2.24) is 29.9 Å². The van der Waals surface area contributed by atoms with Crippen molar-refractivity contribution < 1.29 is 4.79 Å². The quantitative estimate of drug-likeness (QED) is 0.913. The van der Waals surface area contributed by atoms with Gasteiger partial charge in [0, 0.05) is 18.8 Å². The maximum atomic E-state index is 12.5. The molecule has 7 nitrogen and oxygen atoms in total. The summed E-state index contributed by atoms with van der Waals surface area (Å²) in [5, 5.41) is 11.7. The van der Waals surface area contributed by atoms with E-state index in [9.17, 15) is 4.79 Å². The van der Waals surface area contributed by atoms with Crippen LogP contribution in [0.15, 0.2) is 12.7 Å². The van der Waals surface area contributed by atoms with Crippen molar-refractivity contribution in [3.8, 4) is 0 Å². The fraction of sp³-hybridized carbons (Fsp3) is 0.600. The Labute approximate surface area is 128 Å². The van der Waals surface area contributed by atoms with Crippen LogP contribution in [0.25, 0.3) is 0 Å². The van der Waals surface area contributed by atoms with Gasteiger partial charge in [-0.2, -0.15) is 10.2 Å². The molecule has 22 heavy (non-hydrogen) atoms. The van der Waals surface area contributed by atoms with Crippen molar-refractivity contribution in [1.29, 1.82) is 0 Å². The molecule has 1 N–H and O–H groups in total. The molecule has 0 bridgehead atoms. The average Bonchev–Trinajstić information content (AvgIpc) is 3.28. The van der Waals surface area contributed by atoms with Crippen LogP contribution in [-0.2, 0) is 24.1 Å². The number of hydrogen-bond acceptors (Lipinski definition) is 4. The number of rotatable bonds is 3. The second-order valence-electron chi connectivity index (χ2n) is 6.17. The van der Waals surface area contributed by atoms with Crippen LogP contribution in [0.2, 0.25) is 0 Å². The van der Waals surface area contributed by atoms with Gasteiger partial charge >= 0.3 is 0 Å². The summed E-state index contributed by atoms with van der Waals surface area (Å²) in [4.78, 5) is 18.4. The summed E-state index contributed by atoms with van der Waals surface area (Å²) in [6, 6.07) is 0.250. The highest BCUT2D eigenvalue weighted by Crippen LogP contribution is 2.24. The molecule has 1 atom stereocenters. The lowest BCUT2D eigenvalue weighted by atomic mass is 9.95. The van der Waals surface area contributed by atoms with Gasteiger partial charge in [0.15, 0.2) is 0 Å². The fourth-order valence-electron chi connectivity index (χ4n) is 3.54. The van der Waals surface area contributed by atoms with E-state index in [1.807, 2.05) is 9.58 Å². The number of H-pyrrole nitrogens is 1. The molecule has 1 aliphatic heterocycles. The van der Waals surface area contributed by atoms with Crippen LogP contribution in [0, 0.1) is 0 Å². The van der Waals surface area contributed by atoms with Crippen LogP contribution in [-0.4, -0.2) is 48.9 Å². The smallest absolute Gasteiger partial charge is 0.228 e. The third-order valence-corrected chi connectivity index (χ3v) is 4.79. The lowest BCUT2D eigenvalue weighted by Gasteiger charge is -2.17. The van der Waals surface area contributed by atoms with Gasteiger partial charge in [-0.3, -0.25) is 9.89 Å². The van der Waals surface area contributed by atoms with Crippen molar-refractivity contribution in [3.05, 3.63) is 29.6 Å². The molecule has 7 heteroatoms. The summed E-state index contributed by atoms with van der Waals surface area (Å²) >= 11 is 0. The Bertz CT molecular complexity index is 662. The molecule has 2 aromatic heterocycles. The Morgan fingerprint density at radius 3 is 3.14 bits per heavy atom. The van der Waals surface area contributed by atoms with Gasteiger partial charge in [-0.25, -0.2) is 9.67 Å². The number of amides is 1. The summed E-state index contributed by atoms with van der Waals surface area (Å²) in [5.74, 6) is 0.169. The Morgan fingerprint density at radius 1 is 1.36 bits per heavy atom. The van der Waals surface area contributed by atoms with Crippen molar-refractivity contribution in [2.24, 2.45) is 0 Å². The third kappa shape index (κ3) is 2.40. The highest BCUT2D eigenvalue weighted by molar-refractivity contribution is 5.79. The van der Waals surface area contributed by atoms with E-state index in [4.69, 9.17) is 0 Å². The maximum Gasteiger partial charge on any atom is 0.228 e. The molecule has 0 saturated carbocycles. The summed E-state index contributed by atoms with van der Waals surface area (Å²) in [6.07, 6.45) is 9.15. The normalized spacial score (nSPS) is 21.1. The molecule has 0 unspecified atom stereocenters. The standard InChI is InChI=1S/C15H20N6O/c22-15(7-14-12-3-1-2-4-13(12)18-19-14)20-6-5-11(8-20)21-10-16-9-17-21/h9-11H,1-8H2,(H,18,19)/t11-/m1/s1. The molecule has 0 spiro atoms. The average molecular weight is 300 g/mol. The van der Waals surface area contributed by atoms with Gasteiger partial charge in [0.05, 0.1) is 18.2 Å². The van der Waals surface area contributed by atoms with Gasteiger partial charge < -0.3 is 4.90 Å². The zero-order chi connectivity index (χ0) is 14.9. The number of fused-ring (bicyclic) bond motifs is 1. The van der Waals surface area contributed by atoms with E-state index in [0.717, 1.165) is 38.0 Å². The molecular formula is C15H20N6O. The molecular weight excluding hydrogens is 280 g/mol. The first-order chi connectivity index (χ1) is 10.8. The number of nitrogens with one attached hydrogen (secondary N) is 1. The number of carbonyl (C=O) groups is 1. The molecule has 116 valence electrons. The zero-order valence-corrected chi connectivity index (χ0v) is 12.5. The predicted octanol–water partition coefficient (Wildman–Crippen LogP) is 0.896. The lowest BCUT2D eigenvalue weighted by molar-refractivity contribution is -0.129. The maximum absolute atomic E-state index is 12.5. The van der Waals surface area contributed by atoms with E-state index in [2.05, 4.69) is 20.3 Å². The Balaban J connectivity index is 1.42. The Hall–Kier alpha value is -2.18. The number of likely N-dealkylation sites (tertiary alicyclic amines) is 1. The number of nitrogens with zero attached hydrogens (tertiary/aromatic N) is 5. The van der Waals surface area contributed by atoms with Gasteiger partial charge in [0.1, 0.15) is 12.7 Å². The summed E-state index contributed by atoms with van der Waals surface area (Å²) in [6.45, 7) is 1.50. The summed E-state index contributed by atoms with van der Waals surface area (Å²) in [5.41, 5.74) is 3.46. The van der Waals surface area contributed by atoms with E-state index in [1.165, 1.54) is 24.1 Å². The largest absolute Gasteiger partial charge is 0.340 e. The fourth-order valence-corrected chi connectivity index (χ4v) is 3.54. The van der Waals surface area contributed by atoms with E-state index in [-0.39, 0.29) is 11.9 Å². The lowest BCUT2D eigenvalue weighted by Crippen LogP contribution is -2.31. The van der Waals surface area contributed by atoms with Crippen LogP contribution < -0.4 is 0 Å². The van der Waals surface area contributed by atoms with Crippen LogP contribution in [0.5, 0.6) is 0 Å². The molecule has 3 heterocycles. The monoisotopic (exact) mass is 300 g/mol. The topological polar surface area (TPSA) is 79.7 Å². The number of carbonyl (C=O) groups excluding carboxylic acids is 1. The molecule has 2 aromatic rings. The minimum absolute atomic E-state index is 0.169. The number of hydrogen-bond donors (Lipinski definition) is 1. The molecule has 2 aliphatic rings. The van der Waals surface area contributed by atoms with Gasteiger partial charge in [0.2, 0.25) is 5.91 Å². The van der Waals surface area contributed by atoms with E-state index >= 15 is 0 Å². The summed E-state index contributed by atoms with van der Waals surface area (Å²) < 4.78 is 1.85. The first-order valence-electron chi connectivity index (χ1n) is 7.98.